The lowest BCUT2D eigenvalue weighted by Gasteiger charge is -2.22. The first-order valence-corrected chi connectivity index (χ1v) is 10.1. The third kappa shape index (κ3) is 4.35. The van der Waals surface area contributed by atoms with E-state index >= 15 is 0 Å². The van der Waals surface area contributed by atoms with Gasteiger partial charge in [-0.05, 0) is 55.3 Å². The number of rotatable bonds is 6. The van der Waals surface area contributed by atoms with Gasteiger partial charge in [0.25, 0.3) is 10.0 Å². The minimum absolute atomic E-state index is 0.101. The lowest BCUT2D eigenvalue weighted by molar-refractivity contribution is -0.122. The van der Waals surface area contributed by atoms with E-state index in [1.165, 1.54) is 12.1 Å². The van der Waals surface area contributed by atoms with E-state index in [2.05, 4.69) is 4.72 Å². The molecule has 2 aromatic carbocycles. The normalized spacial score (nSPS) is 18.0. The first-order chi connectivity index (χ1) is 12.3. The van der Waals surface area contributed by atoms with E-state index in [0.29, 0.717) is 17.3 Å². The average Bonchev–Trinajstić information content (AvgIpc) is 3.03. The number of anilines is 1. The largest absolute Gasteiger partial charge is 0.368 e. The predicted molar refractivity (Wildman–Crippen MR) is 101 cm³/mol. The Bertz CT molecular complexity index is 917. The molecule has 0 radical (unpaired) electrons. The maximum atomic E-state index is 12.5. The second kappa shape index (κ2) is 7.65. The van der Waals surface area contributed by atoms with Gasteiger partial charge in [0.15, 0.2) is 0 Å². The number of nitrogens with two attached hydrogens (primary N) is 1. The highest BCUT2D eigenvalue weighted by molar-refractivity contribution is 7.92. The number of nitrogens with one attached hydrogen (secondary N) is 1. The van der Waals surface area contributed by atoms with E-state index in [1.54, 1.807) is 30.3 Å². The predicted octanol–water partition coefficient (Wildman–Crippen LogP) is 2.59. The van der Waals surface area contributed by atoms with Gasteiger partial charge in [-0.15, -0.1) is 0 Å². The van der Waals surface area contributed by atoms with Gasteiger partial charge in [-0.2, -0.15) is 0 Å². The zero-order valence-corrected chi connectivity index (χ0v) is 15.6. The van der Waals surface area contributed by atoms with E-state index in [9.17, 15) is 13.2 Å². The fourth-order valence-corrected chi connectivity index (χ4v) is 4.50. The molecule has 26 heavy (non-hydrogen) atoms. The van der Waals surface area contributed by atoms with Gasteiger partial charge in [-0.1, -0.05) is 29.8 Å². The van der Waals surface area contributed by atoms with Gasteiger partial charge in [0.1, 0.15) is 0 Å². The number of carbonyl (C=O) groups is 1. The summed E-state index contributed by atoms with van der Waals surface area (Å²) < 4.78 is 27.6. The molecule has 1 amide bonds. The monoisotopic (exact) mass is 393 g/mol. The molecule has 1 aliphatic rings. The minimum Gasteiger partial charge on any atom is -0.368 e. The standard InChI is InChI=1S/C18H20ClN3O3S/c19-14-5-2-7-16(11-14)26(24,25)21-15-6-1-4-13(10-15)12-22-9-3-8-17(22)18(20)23/h1-2,4-7,10-11,17,21H,3,8-9,12H2,(H2,20,23)/t17-/m0/s1. The molecule has 0 spiro atoms. The molecule has 3 N–H and O–H groups in total. The maximum absolute atomic E-state index is 12.5. The first kappa shape index (κ1) is 18.7. The van der Waals surface area contributed by atoms with E-state index in [0.717, 1.165) is 24.9 Å². The Labute approximate surface area is 158 Å². The number of sulfonamides is 1. The molecule has 1 aliphatic heterocycles. The van der Waals surface area contributed by atoms with Crippen LogP contribution in [-0.4, -0.2) is 31.8 Å². The molecule has 138 valence electrons. The Kier molecular flexibility index (Phi) is 5.50. The van der Waals surface area contributed by atoms with Crippen LogP contribution >= 0.6 is 11.6 Å². The molecule has 0 aliphatic carbocycles. The molecule has 0 saturated carbocycles. The van der Waals surface area contributed by atoms with Crippen molar-refractivity contribution in [3.8, 4) is 0 Å². The molecule has 1 saturated heterocycles. The van der Waals surface area contributed by atoms with Gasteiger partial charge >= 0.3 is 0 Å². The van der Waals surface area contributed by atoms with Crippen LogP contribution in [0.2, 0.25) is 5.02 Å². The van der Waals surface area contributed by atoms with Crippen molar-refractivity contribution in [3.05, 3.63) is 59.1 Å². The van der Waals surface area contributed by atoms with Crippen molar-refractivity contribution >= 4 is 33.2 Å². The lowest BCUT2D eigenvalue weighted by Crippen LogP contribution is -2.39. The van der Waals surface area contributed by atoms with Crippen molar-refractivity contribution < 1.29 is 13.2 Å². The number of carbonyl (C=O) groups excluding carboxylic acids is 1. The number of hydrogen-bond acceptors (Lipinski definition) is 4. The summed E-state index contributed by atoms with van der Waals surface area (Å²) in [6, 6.07) is 12.9. The molecule has 2 aromatic rings. The SMILES string of the molecule is NC(=O)[C@@H]1CCCN1Cc1cccc(NS(=O)(=O)c2cccc(Cl)c2)c1. The summed E-state index contributed by atoms with van der Waals surface area (Å²) in [7, 11) is -3.73. The Balaban J connectivity index is 1.76. The second-order valence-corrected chi connectivity index (χ2v) is 8.41. The number of halogens is 1. The van der Waals surface area contributed by atoms with Crippen molar-refractivity contribution in [1.29, 1.82) is 0 Å². The van der Waals surface area contributed by atoms with Crippen LogP contribution in [0.4, 0.5) is 5.69 Å². The van der Waals surface area contributed by atoms with Crippen molar-refractivity contribution in [3.63, 3.8) is 0 Å². The molecule has 0 aromatic heterocycles. The summed E-state index contributed by atoms with van der Waals surface area (Å²) in [5.41, 5.74) is 6.81. The van der Waals surface area contributed by atoms with E-state index in [4.69, 9.17) is 17.3 Å². The summed E-state index contributed by atoms with van der Waals surface area (Å²) in [6.45, 7) is 1.34. The van der Waals surface area contributed by atoms with Gasteiger partial charge in [0.2, 0.25) is 5.91 Å². The smallest absolute Gasteiger partial charge is 0.261 e. The van der Waals surface area contributed by atoms with E-state index < -0.39 is 10.0 Å². The number of primary amides is 1. The van der Waals surface area contributed by atoms with Crippen molar-refractivity contribution in [2.45, 2.75) is 30.3 Å². The summed E-state index contributed by atoms with van der Waals surface area (Å²) in [5.74, 6) is -0.319. The zero-order valence-electron chi connectivity index (χ0n) is 14.1. The van der Waals surface area contributed by atoms with Crippen LogP contribution in [0.15, 0.2) is 53.4 Å². The number of likely N-dealkylation sites (tertiary alicyclic amines) is 1. The highest BCUT2D eigenvalue weighted by Gasteiger charge is 2.28. The third-order valence-electron chi connectivity index (χ3n) is 4.36. The third-order valence-corrected chi connectivity index (χ3v) is 5.98. The molecular formula is C18H20ClN3O3S. The Morgan fingerprint density at radius 3 is 2.73 bits per heavy atom. The summed E-state index contributed by atoms with van der Waals surface area (Å²) in [6.07, 6.45) is 1.69. The highest BCUT2D eigenvalue weighted by atomic mass is 35.5. The van der Waals surface area contributed by atoms with Gasteiger partial charge < -0.3 is 5.73 Å². The fourth-order valence-electron chi connectivity index (χ4n) is 3.15. The zero-order chi connectivity index (χ0) is 18.7. The van der Waals surface area contributed by atoms with Gasteiger partial charge in [0, 0.05) is 17.3 Å². The molecule has 0 bridgehead atoms. The number of nitrogens with zero attached hydrogens (tertiary/aromatic N) is 1. The summed E-state index contributed by atoms with van der Waals surface area (Å²) >= 11 is 5.88. The number of hydrogen-bond donors (Lipinski definition) is 2. The first-order valence-electron chi connectivity index (χ1n) is 8.26. The van der Waals surface area contributed by atoms with Crippen LogP contribution in [0.25, 0.3) is 0 Å². The number of benzene rings is 2. The molecule has 8 heteroatoms. The molecule has 0 unspecified atom stereocenters. The summed E-state index contributed by atoms with van der Waals surface area (Å²) in [5, 5.41) is 0.355. The van der Waals surface area contributed by atoms with Crippen molar-refractivity contribution in [2.24, 2.45) is 5.73 Å². The second-order valence-electron chi connectivity index (χ2n) is 6.29. The Morgan fingerprint density at radius 2 is 2.00 bits per heavy atom. The quantitative estimate of drug-likeness (QED) is 0.788. The summed E-state index contributed by atoms with van der Waals surface area (Å²) in [4.78, 5) is 13.6. The van der Waals surface area contributed by atoms with E-state index in [1.807, 2.05) is 11.0 Å². The lowest BCUT2D eigenvalue weighted by atomic mass is 10.1. The van der Waals surface area contributed by atoms with Crippen LogP contribution in [0.1, 0.15) is 18.4 Å². The molecule has 1 atom stereocenters. The number of amides is 1. The topological polar surface area (TPSA) is 92.5 Å². The van der Waals surface area contributed by atoms with Gasteiger partial charge in [-0.25, -0.2) is 8.42 Å². The molecule has 1 heterocycles. The van der Waals surface area contributed by atoms with Crippen molar-refractivity contribution in [2.75, 3.05) is 11.3 Å². The van der Waals surface area contributed by atoms with Crippen LogP contribution in [0.5, 0.6) is 0 Å². The van der Waals surface area contributed by atoms with Crippen LogP contribution < -0.4 is 10.5 Å². The van der Waals surface area contributed by atoms with Crippen LogP contribution in [0.3, 0.4) is 0 Å². The molecule has 1 fully saturated rings. The Morgan fingerprint density at radius 1 is 1.23 bits per heavy atom. The minimum atomic E-state index is -3.73. The molecule has 6 nitrogen and oxygen atoms in total. The van der Waals surface area contributed by atoms with Gasteiger partial charge in [0.05, 0.1) is 10.9 Å². The van der Waals surface area contributed by atoms with Crippen LogP contribution in [0, 0.1) is 0 Å². The average molecular weight is 394 g/mol. The maximum Gasteiger partial charge on any atom is 0.261 e. The van der Waals surface area contributed by atoms with Crippen LogP contribution in [-0.2, 0) is 21.4 Å². The molecular weight excluding hydrogens is 374 g/mol. The Hall–Kier alpha value is -2.09. The highest BCUT2D eigenvalue weighted by Crippen LogP contribution is 2.23. The van der Waals surface area contributed by atoms with Crippen molar-refractivity contribution in [1.82, 2.24) is 4.90 Å². The van der Waals surface area contributed by atoms with E-state index in [-0.39, 0.29) is 16.8 Å². The van der Waals surface area contributed by atoms with Gasteiger partial charge in [-0.3, -0.25) is 14.4 Å². The molecule has 3 rings (SSSR count). The fraction of sp³-hybridized carbons (Fsp3) is 0.278.